The van der Waals surface area contributed by atoms with Gasteiger partial charge >= 0.3 is 0 Å². The van der Waals surface area contributed by atoms with Gasteiger partial charge in [0.1, 0.15) is 6.23 Å². The van der Waals surface area contributed by atoms with Crippen LogP contribution in [-0.4, -0.2) is 43.2 Å². The van der Waals surface area contributed by atoms with Crippen molar-refractivity contribution in [2.24, 2.45) is 15.3 Å². The Labute approximate surface area is 126 Å². The monoisotopic (exact) mass is 308 g/mol. The summed E-state index contributed by atoms with van der Waals surface area (Å²) in [6.45, 7) is 0.296. The van der Waals surface area contributed by atoms with Crippen LogP contribution in [-0.2, 0) is 0 Å². The lowest BCUT2D eigenvalue weighted by atomic mass is 10.1. The molecule has 0 aromatic heterocycles. The zero-order valence-electron chi connectivity index (χ0n) is 12.1. The summed E-state index contributed by atoms with van der Waals surface area (Å²) in [6.07, 6.45) is -1.06. The molecule has 0 amide bonds. The van der Waals surface area contributed by atoms with Gasteiger partial charge in [-0.15, -0.1) is 0 Å². The first-order valence-corrected chi connectivity index (χ1v) is 6.36. The molecule has 1 heterocycles. The van der Waals surface area contributed by atoms with Crippen molar-refractivity contribution in [1.82, 2.24) is 5.32 Å². The molecular formula is C12H16N6O4. The number of aliphatic hydroxyl groups is 1. The second kappa shape index (κ2) is 6.48. The second-order valence-corrected chi connectivity index (χ2v) is 4.63. The van der Waals surface area contributed by atoms with Gasteiger partial charge in [0.15, 0.2) is 11.5 Å². The highest BCUT2D eigenvalue weighted by atomic mass is 16.5. The van der Waals surface area contributed by atoms with Crippen LogP contribution in [0.1, 0.15) is 11.8 Å². The lowest BCUT2D eigenvalue weighted by Gasteiger charge is -2.18. The smallest absolute Gasteiger partial charge is 0.208 e. The van der Waals surface area contributed by atoms with Gasteiger partial charge in [-0.1, -0.05) is 5.11 Å². The van der Waals surface area contributed by atoms with Crippen LogP contribution in [0.4, 0.5) is 0 Å². The number of aliphatic hydroxyl groups excluding tert-OH is 1. The zero-order valence-corrected chi connectivity index (χ0v) is 12.1. The molecule has 1 atom stereocenters. The molecule has 2 rings (SSSR count). The van der Waals surface area contributed by atoms with Crippen molar-refractivity contribution in [3.63, 3.8) is 0 Å². The van der Waals surface area contributed by atoms with Gasteiger partial charge in [-0.25, -0.2) is 0 Å². The quantitative estimate of drug-likeness (QED) is 0.288. The molecule has 22 heavy (non-hydrogen) atoms. The Hall–Kier alpha value is -2.55. The van der Waals surface area contributed by atoms with Crippen molar-refractivity contribution in [1.29, 1.82) is 0 Å². The molecule has 0 spiro atoms. The van der Waals surface area contributed by atoms with Crippen LogP contribution in [0.15, 0.2) is 27.5 Å². The minimum atomic E-state index is -1.06. The summed E-state index contributed by atoms with van der Waals surface area (Å²) < 4.78 is 10.1. The summed E-state index contributed by atoms with van der Waals surface area (Å²) in [5, 5.41) is 33.9. The number of phenolic OH excluding ortho intramolecular Hbond substituents is 1. The number of methoxy groups -OCH3 is 2. The van der Waals surface area contributed by atoms with Gasteiger partial charge < -0.3 is 19.7 Å². The Bertz CT molecular complexity index is 597. The zero-order chi connectivity index (χ0) is 16.2. The maximum absolute atomic E-state index is 10.2. The molecule has 1 aliphatic heterocycles. The molecule has 0 aliphatic carbocycles. The maximum Gasteiger partial charge on any atom is 0.208 e. The van der Waals surface area contributed by atoms with E-state index in [1.165, 1.54) is 26.4 Å². The standard InChI is InChI=1S/C12H16N6O4/c1-21-8-3-7(4-9(22-2)10(8)19)11(20)14-5-12(16-17-12)6-15-18-13/h3-4,11,14,19-20H,5-6H2,1-2H3. The topological polar surface area (TPSA) is 144 Å². The highest BCUT2D eigenvalue weighted by molar-refractivity contribution is 5.53. The maximum atomic E-state index is 10.2. The molecule has 118 valence electrons. The number of azide groups is 1. The van der Waals surface area contributed by atoms with Gasteiger partial charge in [0, 0.05) is 17.0 Å². The minimum absolute atomic E-state index is 0.0887. The Kier molecular flexibility index (Phi) is 4.66. The Balaban J connectivity index is 2.06. The number of phenols is 1. The summed E-state index contributed by atoms with van der Waals surface area (Å²) in [5.74, 6) is 0.215. The van der Waals surface area contributed by atoms with E-state index >= 15 is 0 Å². The van der Waals surface area contributed by atoms with Gasteiger partial charge in [0.2, 0.25) is 11.4 Å². The summed E-state index contributed by atoms with van der Waals surface area (Å²) >= 11 is 0. The van der Waals surface area contributed by atoms with Gasteiger partial charge in [0.25, 0.3) is 0 Å². The molecule has 0 fully saturated rings. The Morgan fingerprint density at radius 1 is 1.36 bits per heavy atom. The first-order valence-electron chi connectivity index (χ1n) is 6.36. The molecule has 10 nitrogen and oxygen atoms in total. The van der Waals surface area contributed by atoms with E-state index in [0.29, 0.717) is 5.56 Å². The van der Waals surface area contributed by atoms with Gasteiger partial charge in [-0.2, -0.15) is 10.2 Å². The molecule has 1 aromatic carbocycles. The van der Waals surface area contributed by atoms with E-state index in [9.17, 15) is 10.2 Å². The molecule has 0 radical (unpaired) electrons. The van der Waals surface area contributed by atoms with E-state index in [1.807, 2.05) is 0 Å². The highest BCUT2D eigenvalue weighted by Gasteiger charge is 2.39. The summed E-state index contributed by atoms with van der Waals surface area (Å²) in [4.78, 5) is 2.66. The molecule has 1 aliphatic rings. The molecular weight excluding hydrogens is 292 g/mol. The fourth-order valence-corrected chi connectivity index (χ4v) is 1.86. The van der Waals surface area contributed by atoms with E-state index in [-0.39, 0.29) is 30.3 Å². The number of nitrogens with zero attached hydrogens (tertiary/aromatic N) is 5. The summed E-state index contributed by atoms with van der Waals surface area (Å²) in [6, 6.07) is 2.97. The predicted octanol–water partition coefficient (Wildman–Crippen LogP) is 1.46. The first-order chi connectivity index (χ1) is 10.5. The largest absolute Gasteiger partial charge is 0.502 e. The normalized spacial score (nSPS) is 15.8. The van der Waals surface area contributed by atoms with Crippen LogP contribution in [0.5, 0.6) is 17.2 Å². The molecule has 1 aromatic rings. The van der Waals surface area contributed by atoms with Gasteiger partial charge in [-0.05, 0) is 17.7 Å². The van der Waals surface area contributed by atoms with E-state index in [0.717, 1.165) is 0 Å². The minimum Gasteiger partial charge on any atom is -0.502 e. The fraction of sp³-hybridized carbons (Fsp3) is 0.500. The van der Waals surface area contributed by atoms with Crippen molar-refractivity contribution in [3.8, 4) is 17.2 Å². The average molecular weight is 308 g/mol. The van der Waals surface area contributed by atoms with Crippen molar-refractivity contribution < 1.29 is 19.7 Å². The van der Waals surface area contributed by atoms with Crippen LogP contribution in [0.25, 0.3) is 10.4 Å². The highest BCUT2D eigenvalue weighted by Crippen LogP contribution is 2.38. The van der Waals surface area contributed by atoms with E-state index in [1.54, 1.807) is 0 Å². The lowest BCUT2D eigenvalue weighted by molar-refractivity contribution is 0.134. The number of benzene rings is 1. The van der Waals surface area contributed by atoms with Crippen molar-refractivity contribution in [2.75, 3.05) is 27.3 Å². The van der Waals surface area contributed by atoms with Crippen molar-refractivity contribution in [3.05, 3.63) is 28.1 Å². The van der Waals surface area contributed by atoms with Crippen molar-refractivity contribution >= 4 is 0 Å². The number of hydrogen-bond acceptors (Lipinski definition) is 8. The van der Waals surface area contributed by atoms with E-state index < -0.39 is 11.9 Å². The number of ether oxygens (including phenoxy) is 2. The van der Waals surface area contributed by atoms with Crippen LogP contribution in [0, 0.1) is 0 Å². The Morgan fingerprint density at radius 3 is 2.41 bits per heavy atom. The Morgan fingerprint density at radius 2 is 1.95 bits per heavy atom. The second-order valence-electron chi connectivity index (χ2n) is 4.63. The van der Waals surface area contributed by atoms with Gasteiger partial charge in [0.05, 0.1) is 20.8 Å². The van der Waals surface area contributed by atoms with E-state index in [4.69, 9.17) is 15.0 Å². The van der Waals surface area contributed by atoms with Crippen LogP contribution in [0.3, 0.4) is 0 Å². The van der Waals surface area contributed by atoms with Gasteiger partial charge in [-0.3, -0.25) is 5.32 Å². The summed E-state index contributed by atoms with van der Waals surface area (Å²) in [5.41, 5.74) is 7.94. The molecule has 10 heteroatoms. The number of hydrogen-bond donors (Lipinski definition) is 3. The number of rotatable bonds is 8. The SMILES string of the molecule is COc1cc(C(O)NCC2(CN=[N+]=[N-])N=N2)cc(OC)c1O. The summed E-state index contributed by atoms with van der Waals surface area (Å²) in [7, 11) is 2.80. The fourth-order valence-electron chi connectivity index (χ4n) is 1.86. The molecule has 0 bridgehead atoms. The molecule has 3 N–H and O–H groups in total. The van der Waals surface area contributed by atoms with Crippen LogP contribution >= 0.6 is 0 Å². The average Bonchev–Trinajstić information content (AvgIpc) is 3.31. The molecule has 1 unspecified atom stereocenters. The third-order valence-corrected chi connectivity index (χ3v) is 3.17. The van der Waals surface area contributed by atoms with E-state index in [2.05, 4.69) is 25.6 Å². The first kappa shape index (κ1) is 15.8. The number of aromatic hydroxyl groups is 1. The van der Waals surface area contributed by atoms with Crippen LogP contribution in [0.2, 0.25) is 0 Å². The molecule has 0 saturated carbocycles. The number of nitrogens with one attached hydrogen (secondary N) is 1. The third kappa shape index (κ3) is 3.37. The van der Waals surface area contributed by atoms with Crippen molar-refractivity contribution in [2.45, 2.75) is 11.9 Å². The third-order valence-electron chi connectivity index (χ3n) is 3.17. The lowest BCUT2D eigenvalue weighted by Crippen LogP contribution is -2.34. The van der Waals surface area contributed by atoms with Crippen LogP contribution < -0.4 is 14.8 Å². The molecule has 0 saturated heterocycles. The predicted molar refractivity (Wildman–Crippen MR) is 75.8 cm³/mol.